The van der Waals surface area contributed by atoms with Crippen molar-refractivity contribution in [2.75, 3.05) is 0 Å². The monoisotopic (exact) mass is 260 g/mol. The maximum absolute atomic E-state index is 5.73. The Balaban J connectivity index is 2.77. The van der Waals surface area contributed by atoms with E-state index in [-0.39, 0.29) is 0 Å². The van der Waals surface area contributed by atoms with E-state index < -0.39 is 0 Å². The summed E-state index contributed by atoms with van der Waals surface area (Å²) in [4.78, 5) is 4.24. The van der Waals surface area contributed by atoms with Crippen LogP contribution >= 0.6 is 27.5 Å². The first-order valence-corrected chi connectivity index (χ1v) is 4.79. The molecule has 0 saturated carbocycles. The summed E-state index contributed by atoms with van der Waals surface area (Å²) in [5, 5.41) is 4.49. The number of imidazole rings is 1. The molecule has 0 atom stereocenters. The van der Waals surface area contributed by atoms with Gasteiger partial charge in [0.25, 0.3) is 0 Å². The maximum Gasteiger partial charge on any atom is 0.155 e. The van der Waals surface area contributed by atoms with E-state index in [0.717, 1.165) is 15.9 Å². The molecule has 13 heavy (non-hydrogen) atoms. The molecule has 0 amide bonds. The van der Waals surface area contributed by atoms with Crippen LogP contribution in [0.5, 0.6) is 0 Å². The standard InChI is InChI=1S/C7H6BrClN4/c8-7-4(3-10)11-6-2-1-5(9)12-13(6)7/h1-2H,3,10H2. The Kier molecular flexibility index (Phi) is 2.23. The highest BCUT2D eigenvalue weighted by Crippen LogP contribution is 2.18. The summed E-state index contributed by atoms with van der Waals surface area (Å²) in [5.74, 6) is 0. The van der Waals surface area contributed by atoms with Crippen molar-refractivity contribution in [1.82, 2.24) is 14.6 Å². The van der Waals surface area contributed by atoms with Crippen LogP contribution in [0, 0.1) is 0 Å². The molecule has 2 rings (SSSR count). The minimum Gasteiger partial charge on any atom is -0.325 e. The average molecular weight is 262 g/mol. The van der Waals surface area contributed by atoms with Gasteiger partial charge in [-0.05, 0) is 28.1 Å². The molecule has 0 aliphatic heterocycles. The third kappa shape index (κ3) is 1.43. The van der Waals surface area contributed by atoms with Crippen molar-refractivity contribution in [3.05, 3.63) is 27.6 Å². The predicted molar refractivity (Wildman–Crippen MR) is 53.6 cm³/mol. The van der Waals surface area contributed by atoms with Crippen molar-refractivity contribution in [3.8, 4) is 0 Å². The second kappa shape index (κ2) is 3.25. The number of halogens is 2. The lowest BCUT2D eigenvalue weighted by molar-refractivity contribution is 0.904. The van der Waals surface area contributed by atoms with Crippen LogP contribution in [0.15, 0.2) is 16.7 Å². The van der Waals surface area contributed by atoms with Crippen LogP contribution in [0.3, 0.4) is 0 Å². The smallest absolute Gasteiger partial charge is 0.155 e. The number of nitrogens with zero attached hydrogens (tertiary/aromatic N) is 3. The maximum atomic E-state index is 5.73. The summed E-state index contributed by atoms with van der Waals surface area (Å²) in [6.07, 6.45) is 0. The average Bonchev–Trinajstić information content (AvgIpc) is 2.44. The van der Waals surface area contributed by atoms with Gasteiger partial charge in [-0.25, -0.2) is 9.50 Å². The Bertz CT molecular complexity index is 453. The summed E-state index contributed by atoms with van der Waals surface area (Å²) >= 11 is 9.08. The molecule has 68 valence electrons. The Morgan fingerprint density at radius 3 is 3.00 bits per heavy atom. The quantitative estimate of drug-likeness (QED) is 0.848. The fourth-order valence-corrected chi connectivity index (χ4v) is 1.71. The molecular weight excluding hydrogens is 255 g/mol. The highest BCUT2D eigenvalue weighted by atomic mass is 79.9. The zero-order chi connectivity index (χ0) is 9.42. The van der Waals surface area contributed by atoms with Gasteiger partial charge in [0.1, 0.15) is 9.76 Å². The van der Waals surface area contributed by atoms with E-state index in [1.165, 1.54) is 0 Å². The highest BCUT2D eigenvalue weighted by Gasteiger charge is 2.08. The molecule has 4 nitrogen and oxygen atoms in total. The molecule has 2 heterocycles. The van der Waals surface area contributed by atoms with Crippen molar-refractivity contribution in [2.45, 2.75) is 6.54 Å². The topological polar surface area (TPSA) is 56.2 Å². The molecule has 2 aromatic heterocycles. The van der Waals surface area contributed by atoms with Crippen molar-refractivity contribution in [2.24, 2.45) is 5.73 Å². The molecule has 0 radical (unpaired) electrons. The third-order valence-corrected chi connectivity index (χ3v) is 2.64. The molecular formula is C7H6BrClN4. The van der Waals surface area contributed by atoms with E-state index in [1.807, 2.05) is 0 Å². The minimum absolute atomic E-state index is 0.377. The third-order valence-electron chi connectivity index (χ3n) is 1.65. The Labute approximate surface area is 87.8 Å². The molecule has 0 fully saturated rings. The summed E-state index contributed by atoms with van der Waals surface area (Å²) in [5.41, 5.74) is 6.99. The second-order valence-electron chi connectivity index (χ2n) is 2.48. The van der Waals surface area contributed by atoms with E-state index in [4.69, 9.17) is 17.3 Å². The van der Waals surface area contributed by atoms with E-state index in [0.29, 0.717) is 11.7 Å². The molecule has 2 N–H and O–H groups in total. The fourth-order valence-electron chi connectivity index (χ4n) is 1.06. The molecule has 0 bridgehead atoms. The van der Waals surface area contributed by atoms with Gasteiger partial charge >= 0.3 is 0 Å². The number of rotatable bonds is 1. The molecule has 0 aromatic carbocycles. The zero-order valence-electron chi connectivity index (χ0n) is 6.54. The molecule has 0 unspecified atom stereocenters. The number of hydrogen-bond acceptors (Lipinski definition) is 3. The van der Waals surface area contributed by atoms with Gasteiger partial charge in [-0.15, -0.1) is 0 Å². The molecule has 0 saturated heterocycles. The Hall–Kier alpha value is -0.650. The number of fused-ring (bicyclic) bond motifs is 1. The molecule has 0 aliphatic rings. The van der Waals surface area contributed by atoms with Gasteiger partial charge in [0.2, 0.25) is 0 Å². The zero-order valence-corrected chi connectivity index (χ0v) is 8.88. The van der Waals surface area contributed by atoms with Gasteiger partial charge in [-0.1, -0.05) is 11.6 Å². The summed E-state index contributed by atoms with van der Waals surface area (Å²) < 4.78 is 2.37. The van der Waals surface area contributed by atoms with Gasteiger partial charge in [0.15, 0.2) is 5.65 Å². The van der Waals surface area contributed by atoms with E-state index in [1.54, 1.807) is 16.6 Å². The Morgan fingerprint density at radius 1 is 1.54 bits per heavy atom. The summed E-state index contributed by atoms with van der Waals surface area (Å²) in [7, 11) is 0. The first kappa shape index (κ1) is 8.93. The van der Waals surface area contributed by atoms with Crippen LogP contribution in [-0.2, 0) is 6.54 Å². The van der Waals surface area contributed by atoms with Gasteiger partial charge in [0.05, 0.1) is 5.69 Å². The minimum atomic E-state index is 0.377. The molecule has 0 spiro atoms. The van der Waals surface area contributed by atoms with Gasteiger partial charge in [-0.2, -0.15) is 5.10 Å². The van der Waals surface area contributed by atoms with Gasteiger partial charge in [0, 0.05) is 6.54 Å². The van der Waals surface area contributed by atoms with Crippen LogP contribution in [0.2, 0.25) is 5.15 Å². The Morgan fingerprint density at radius 2 is 2.31 bits per heavy atom. The van der Waals surface area contributed by atoms with Crippen molar-refractivity contribution >= 4 is 33.2 Å². The lowest BCUT2D eigenvalue weighted by Crippen LogP contribution is -1.97. The number of hydrogen-bond donors (Lipinski definition) is 1. The van der Waals surface area contributed by atoms with Crippen LogP contribution in [0.25, 0.3) is 5.65 Å². The second-order valence-corrected chi connectivity index (χ2v) is 3.62. The van der Waals surface area contributed by atoms with E-state index >= 15 is 0 Å². The van der Waals surface area contributed by atoms with Crippen molar-refractivity contribution in [3.63, 3.8) is 0 Å². The van der Waals surface area contributed by atoms with E-state index in [2.05, 4.69) is 26.0 Å². The first-order valence-electron chi connectivity index (χ1n) is 3.62. The first-order chi connectivity index (χ1) is 6.22. The number of nitrogens with two attached hydrogens (primary N) is 1. The lowest BCUT2D eigenvalue weighted by Gasteiger charge is -1.93. The molecule has 0 aliphatic carbocycles. The van der Waals surface area contributed by atoms with Crippen LogP contribution in [0.4, 0.5) is 0 Å². The van der Waals surface area contributed by atoms with E-state index in [9.17, 15) is 0 Å². The van der Waals surface area contributed by atoms with Gasteiger partial charge < -0.3 is 5.73 Å². The predicted octanol–water partition coefficient (Wildman–Crippen LogP) is 1.60. The highest BCUT2D eigenvalue weighted by molar-refractivity contribution is 9.10. The fraction of sp³-hybridized carbons (Fsp3) is 0.143. The van der Waals surface area contributed by atoms with Crippen molar-refractivity contribution in [1.29, 1.82) is 0 Å². The molecule has 6 heteroatoms. The van der Waals surface area contributed by atoms with Crippen LogP contribution in [0.1, 0.15) is 5.69 Å². The van der Waals surface area contributed by atoms with Crippen molar-refractivity contribution < 1.29 is 0 Å². The SMILES string of the molecule is NCc1nc2ccc(Cl)nn2c1Br. The van der Waals surface area contributed by atoms with Gasteiger partial charge in [-0.3, -0.25) is 0 Å². The number of aromatic nitrogens is 3. The van der Waals surface area contributed by atoms with Crippen LogP contribution in [-0.4, -0.2) is 14.6 Å². The largest absolute Gasteiger partial charge is 0.325 e. The lowest BCUT2D eigenvalue weighted by atomic mass is 10.5. The summed E-state index contributed by atoms with van der Waals surface area (Å²) in [6.45, 7) is 0.377. The normalized spacial score (nSPS) is 11.0. The molecule has 2 aromatic rings. The van der Waals surface area contributed by atoms with Crippen LogP contribution < -0.4 is 5.73 Å². The summed E-state index contributed by atoms with van der Waals surface area (Å²) in [6, 6.07) is 3.48.